The molecule has 0 aliphatic carbocycles. The zero-order chi connectivity index (χ0) is 16.2. The Morgan fingerprint density at radius 2 is 1.83 bits per heavy atom. The molecule has 0 fully saturated rings. The summed E-state index contributed by atoms with van der Waals surface area (Å²) in [6.45, 7) is 2.15. The minimum atomic E-state index is 0.654. The summed E-state index contributed by atoms with van der Waals surface area (Å²) in [6.07, 6.45) is 1.80. The standard InChI is InChI=1S/C18H18N2O2S/c1-4-23-13-7-5-6-12(8-13)15-11-19-20-16-10-18(22-3)17(21-2)9-14(15)16/h5-11H,4H2,1-3H3. The average molecular weight is 326 g/mol. The summed E-state index contributed by atoms with van der Waals surface area (Å²) in [5.41, 5.74) is 2.94. The third-order valence-electron chi connectivity index (χ3n) is 3.60. The summed E-state index contributed by atoms with van der Waals surface area (Å²) in [6, 6.07) is 12.3. The van der Waals surface area contributed by atoms with Crippen molar-refractivity contribution in [3.8, 4) is 22.6 Å². The highest BCUT2D eigenvalue weighted by atomic mass is 32.2. The molecular formula is C18H18N2O2S. The van der Waals surface area contributed by atoms with Gasteiger partial charge in [-0.1, -0.05) is 19.1 Å². The predicted octanol–water partition coefficient (Wildman–Crippen LogP) is 4.43. The van der Waals surface area contributed by atoms with E-state index in [0.717, 1.165) is 27.8 Å². The molecule has 0 atom stereocenters. The van der Waals surface area contributed by atoms with Gasteiger partial charge in [-0.05, 0) is 29.5 Å². The van der Waals surface area contributed by atoms with Gasteiger partial charge in [0.25, 0.3) is 0 Å². The molecule has 0 unspecified atom stereocenters. The topological polar surface area (TPSA) is 44.2 Å². The number of ether oxygens (including phenoxy) is 2. The molecule has 0 spiro atoms. The predicted molar refractivity (Wildman–Crippen MR) is 94.5 cm³/mol. The summed E-state index contributed by atoms with van der Waals surface area (Å²) < 4.78 is 10.8. The molecule has 5 heteroatoms. The SMILES string of the molecule is CCSc1cccc(-c2cnnc3cc(OC)c(OC)cc23)c1. The van der Waals surface area contributed by atoms with Crippen molar-refractivity contribution in [2.45, 2.75) is 11.8 Å². The van der Waals surface area contributed by atoms with Crippen LogP contribution in [0, 0.1) is 0 Å². The molecule has 0 amide bonds. The number of benzene rings is 2. The fourth-order valence-corrected chi connectivity index (χ4v) is 3.25. The monoisotopic (exact) mass is 326 g/mol. The van der Waals surface area contributed by atoms with E-state index in [4.69, 9.17) is 9.47 Å². The maximum atomic E-state index is 5.42. The lowest BCUT2D eigenvalue weighted by Crippen LogP contribution is -1.94. The van der Waals surface area contributed by atoms with Gasteiger partial charge < -0.3 is 9.47 Å². The van der Waals surface area contributed by atoms with Gasteiger partial charge in [-0.25, -0.2) is 0 Å². The lowest BCUT2D eigenvalue weighted by atomic mass is 10.0. The molecule has 3 rings (SSSR count). The molecule has 2 aromatic carbocycles. The molecule has 0 radical (unpaired) electrons. The Labute approximate surface area is 139 Å². The first-order valence-corrected chi connectivity index (χ1v) is 8.36. The normalized spacial score (nSPS) is 10.7. The molecule has 0 bridgehead atoms. The van der Waals surface area contributed by atoms with Crippen LogP contribution in [-0.2, 0) is 0 Å². The second-order valence-electron chi connectivity index (χ2n) is 4.94. The second kappa shape index (κ2) is 6.87. The first-order chi connectivity index (χ1) is 11.3. The summed E-state index contributed by atoms with van der Waals surface area (Å²) in [7, 11) is 3.25. The zero-order valence-corrected chi connectivity index (χ0v) is 14.2. The van der Waals surface area contributed by atoms with Gasteiger partial charge in [-0.3, -0.25) is 0 Å². The Morgan fingerprint density at radius 1 is 1.04 bits per heavy atom. The van der Waals surface area contributed by atoms with Crippen molar-refractivity contribution in [1.82, 2.24) is 10.2 Å². The minimum absolute atomic E-state index is 0.654. The first-order valence-electron chi connectivity index (χ1n) is 7.37. The van der Waals surface area contributed by atoms with Gasteiger partial charge in [0.05, 0.1) is 25.9 Å². The molecule has 1 aromatic heterocycles. The van der Waals surface area contributed by atoms with Crippen LogP contribution in [-0.4, -0.2) is 30.2 Å². The molecular weight excluding hydrogens is 308 g/mol. The molecule has 0 N–H and O–H groups in total. The van der Waals surface area contributed by atoms with Crippen molar-refractivity contribution < 1.29 is 9.47 Å². The van der Waals surface area contributed by atoms with E-state index < -0.39 is 0 Å². The number of aromatic nitrogens is 2. The van der Waals surface area contributed by atoms with Gasteiger partial charge in [0.1, 0.15) is 0 Å². The number of thioether (sulfide) groups is 1. The number of methoxy groups -OCH3 is 2. The van der Waals surface area contributed by atoms with E-state index in [9.17, 15) is 0 Å². The molecule has 23 heavy (non-hydrogen) atoms. The van der Waals surface area contributed by atoms with Gasteiger partial charge in [-0.2, -0.15) is 10.2 Å². The quantitative estimate of drug-likeness (QED) is 0.649. The lowest BCUT2D eigenvalue weighted by molar-refractivity contribution is 0.356. The second-order valence-corrected chi connectivity index (χ2v) is 6.28. The smallest absolute Gasteiger partial charge is 0.162 e. The van der Waals surface area contributed by atoms with Gasteiger partial charge in [0, 0.05) is 21.9 Å². The molecule has 1 heterocycles. The molecule has 118 valence electrons. The van der Waals surface area contributed by atoms with Crippen molar-refractivity contribution in [3.05, 3.63) is 42.6 Å². The number of nitrogens with zero attached hydrogens (tertiary/aromatic N) is 2. The highest BCUT2D eigenvalue weighted by Gasteiger charge is 2.12. The number of hydrogen-bond donors (Lipinski definition) is 0. The van der Waals surface area contributed by atoms with Crippen molar-refractivity contribution in [2.24, 2.45) is 0 Å². The van der Waals surface area contributed by atoms with Gasteiger partial charge in [0.2, 0.25) is 0 Å². The van der Waals surface area contributed by atoms with Crippen LogP contribution in [0.15, 0.2) is 47.5 Å². The Bertz CT molecular complexity index is 836. The summed E-state index contributed by atoms with van der Waals surface area (Å²) in [5, 5.41) is 9.36. The van der Waals surface area contributed by atoms with Crippen molar-refractivity contribution in [1.29, 1.82) is 0 Å². The third-order valence-corrected chi connectivity index (χ3v) is 4.48. The zero-order valence-electron chi connectivity index (χ0n) is 13.4. The van der Waals surface area contributed by atoms with Crippen LogP contribution in [0.1, 0.15) is 6.92 Å². The highest BCUT2D eigenvalue weighted by molar-refractivity contribution is 7.99. The van der Waals surface area contributed by atoms with E-state index in [0.29, 0.717) is 11.5 Å². The maximum Gasteiger partial charge on any atom is 0.162 e. The van der Waals surface area contributed by atoms with Crippen molar-refractivity contribution in [2.75, 3.05) is 20.0 Å². The van der Waals surface area contributed by atoms with Crippen LogP contribution in [0.2, 0.25) is 0 Å². The number of hydrogen-bond acceptors (Lipinski definition) is 5. The van der Waals surface area contributed by atoms with Crippen LogP contribution in [0.3, 0.4) is 0 Å². The largest absolute Gasteiger partial charge is 0.493 e. The Hall–Kier alpha value is -2.27. The molecule has 4 nitrogen and oxygen atoms in total. The molecule has 0 aliphatic rings. The van der Waals surface area contributed by atoms with Crippen LogP contribution in [0.4, 0.5) is 0 Å². The summed E-state index contributed by atoms with van der Waals surface area (Å²) >= 11 is 1.82. The fraction of sp³-hybridized carbons (Fsp3) is 0.222. The molecule has 0 saturated carbocycles. The van der Waals surface area contributed by atoms with E-state index in [1.54, 1.807) is 20.4 Å². The Morgan fingerprint density at radius 3 is 2.57 bits per heavy atom. The van der Waals surface area contributed by atoms with E-state index in [1.165, 1.54) is 4.90 Å². The van der Waals surface area contributed by atoms with Gasteiger partial charge >= 0.3 is 0 Å². The lowest BCUT2D eigenvalue weighted by Gasteiger charge is -2.11. The minimum Gasteiger partial charge on any atom is -0.493 e. The summed E-state index contributed by atoms with van der Waals surface area (Å²) in [5.74, 6) is 2.39. The van der Waals surface area contributed by atoms with Crippen LogP contribution >= 0.6 is 11.8 Å². The summed E-state index contributed by atoms with van der Waals surface area (Å²) in [4.78, 5) is 1.25. The Kier molecular flexibility index (Phi) is 4.67. The Balaban J connectivity index is 2.19. The van der Waals surface area contributed by atoms with E-state index in [1.807, 2.05) is 23.9 Å². The van der Waals surface area contributed by atoms with Crippen LogP contribution in [0.5, 0.6) is 11.5 Å². The molecule has 0 aliphatic heterocycles. The van der Waals surface area contributed by atoms with E-state index in [-0.39, 0.29) is 0 Å². The third kappa shape index (κ3) is 3.10. The van der Waals surface area contributed by atoms with Crippen molar-refractivity contribution >= 4 is 22.7 Å². The van der Waals surface area contributed by atoms with E-state index >= 15 is 0 Å². The molecule has 0 saturated heterocycles. The highest BCUT2D eigenvalue weighted by Crippen LogP contribution is 2.36. The number of fused-ring (bicyclic) bond motifs is 1. The van der Waals surface area contributed by atoms with E-state index in [2.05, 4.69) is 41.4 Å². The van der Waals surface area contributed by atoms with Gasteiger partial charge in [0.15, 0.2) is 11.5 Å². The molecule has 3 aromatic rings. The number of rotatable bonds is 5. The maximum absolute atomic E-state index is 5.42. The van der Waals surface area contributed by atoms with Crippen molar-refractivity contribution in [3.63, 3.8) is 0 Å². The first kappa shape index (κ1) is 15.6. The van der Waals surface area contributed by atoms with Crippen LogP contribution < -0.4 is 9.47 Å². The van der Waals surface area contributed by atoms with Gasteiger partial charge in [-0.15, -0.1) is 11.8 Å². The van der Waals surface area contributed by atoms with Crippen LogP contribution in [0.25, 0.3) is 22.0 Å². The average Bonchev–Trinajstić information content (AvgIpc) is 2.60. The fourth-order valence-electron chi connectivity index (χ4n) is 2.54.